The maximum absolute atomic E-state index is 12.1. The van der Waals surface area contributed by atoms with E-state index < -0.39 is 5.97 Å². The average Bonchev–Trinajstić information content (AvgIpc) is 2.62. The number of hydrogen-bond acceptors (Lipinski definition) is 4. The van der Waals surface area contributed by atoms with Gasteiger partial charge in [0.05, 0.1) is 18.4 Å². The third kappa shape index (κ3) is 5.09. The van der Waals surface area contributed by atoms with E-state index in [4.69, 9.17) is 9.57 Å². The van der Waals surface area contributed by atoms with Gasteiger partial charge in [-0.15, -0.1) is 6.58 Å². The summed E-state index contributed by atoms with van der Waals surface area (Å²) in [7, 11) is 1.57. The van der Waals surface area contributed by atoms with Gasteiger partial charge in [-0.25, -0.2) is 4.79 Å². The Morgan fingerprint density at radius 1 is 1.00 bits per heavy atom. The average molecular weight is 323 g/mol. The van der Waals surface area contributed by atoms with Gasteiger partial charge < -0.3 is 9.57 Å². The summed E-state index contributed by atoms with van der Waals surface area (Å²) in [6, 6.07) is 16.4. The van der Waals surface area contributed by atoms with Gasteiger partial charge in [0.1, 0.15) is 5.75 Å². The summed E-state index contributed by atoms with van der Waals surface area (Å²) in [5.41, 5.74) is 3.13. The highest BCUT2D eigenvalue weighted by Gasteiger charge is 2.10. The lowest BCUT2D eigenvalue weighted by Crippen LogP contribution is -2.06. The molecule has 124 valence electrons. The molecule has 0 atom stereocenters. The number of ether oxygens (including phenoxy) is 1. The van der Waals surface area contributed by atoms with E-state index in [-0.39, 0.29) is 0 Å². The van der Waals surface area contributed by atoms with Crippen LogP contribution in [0.1, 0.15) is 35.7 Å². The molecule has 0 aliphatic carbocycles. The zero-order valence-electron chi connectivity index (χ0n) is 14.0. The number of allylic oxidation sites excluding steroid dienone is 1. The third-order valence-corrected chi connectivity index (χ3v) is 3.46. The van der Waals surface area contributed by atoms with Crippen molar-refractivity contribution in [3.05, 3.63) is 77.9 Å². The second kappa shape index (κ2) is 8.67. The van der Waals surface area contributed by atoms with Crippen molar-refractivity contribution >= 4 is 11.7 Å². The fourth-order valence-electron chi connectivity index (χ4n) is 2.08. The van der Waals surface area contributed by atoms with E-state index >= 15 is 0 Å². The van der Waals surface area contributed by atoms with Crippen molar-refractivity contribution < 1.29 is 14.4 Å². The molecule has 0 bridgehead atoms. The van der Waals surface area contributed by atoms with Gasteiger partial charge in [-0.05, 0) is 49.6 Å². The molecule has 4 heteroatoms. The molecule has 0 fully saturated rings. The molecule has 2 aromatic rings. The molecule has 0 aliphatic rings. The monoisotopic (exact) mass is 323 g/mol. The first kappa shape index (κ1) is 17.5. The summed E-state index contributed by atoms with van der Waals surface area (Å²) in [4.78, 5) is 17.3. The van der Waals surface area contributed by atoms with E-state index in [0.717, 1.165) is 23.3 Å². The lowest BCUT2D eigenvalue weighted by molar-refractivity contribution is 0.0515. The number of hydrogen-bond donors (Lipinski definition) is 0. The third-order valence-electron chi connectivity index (χ3n) is 3.46. The predicted molar refractivity (Wildman–Crippen MR) is 95.4 cm³/mol. The molecule has 2 aromatic carbocycles. The highest BCUT2D eigenvalue weighted by Crippen LogP contribution is 2.14. The Kier molecular flexibility index (Phi) is 6.32. The predicted octanol–water partition coefficient (Wildman–Crippen LogP) is 4.61. The first-order valence-electron chi connectivity index (χ1n) is 7.72. The Balaban J connectivity index is 2.13. The number of rotatable bonds is 7. The zero-order valence-corrected chi connectivity index (χ0v) is 14.0. The van der Waals surface area contributed by atoms with E-state index in [9.17, 15) is 4.79 Å². The minimum Gasteiger partial charge on any atom is -0.497 e. The van der Waals surface area contributed by atoms with Gasteiger partial charge >= 0.3 is 5.97 Å². The van der Waals surface area contributed by atoms with Crippen molar-refractivity contribution in [1.29, 1.82) is 0 Å². The Hall–Kier alpha value is -2.88. The van der Waals surface area contributed by atoms with Gasteiger partial charge in [-0.1, -0.05) is 41.1 Å². The van der Waals surface area contributed by atoms with Crippen LogP contribution in [0.5, 0.6) is 5.75 Å². The van der Waals surface area contributed by atoms with Crippen molar-refractivity contribution in [3.8, 4) is 5.75 Å². The van der Waals surface area contributed by atoms with Crippen LogP contribution in [0.3, 0.4) is 0 Å². The molecule has 0 aliphatic heterocycles. The number of carbonyl (C=O) groups is 1. The molecule has 0 heterocycles. The lowest BCUT2D eigenvalue weighted by atomic mass is 10.0. The van der Waals surface area contributed by atoms with Gasteiger partial charge in [-0.3, -0.25) is 0 Å². The minimum atomic E-state index is -0.499. The molecular formula is C20H21NO3. The van der Waals surface area contributed by atoms with Gasteiger partial charge in [0.2, 0.25) is 0 Å². The summed E-state index contributed by atoms with van der Waals surface area (Å²) in [6.07, 6.45) is 1.45. The van der Waals surface area contributed by atoms with Crippen LogP contribution in [0, 0.1) is 0 Å². The quantitative estimate of drug-likeness (QED) is 0.323. The summed E-state index contributed by atoms with van der Waals surface area (Å²) >= 11 is 0. The van der Waals surface area contributed by atoms with Crippen LogP contribution < -0.4 is 4.74 Å². The van der Waals surface area contributed by atoms with Gasteiger partial charge in [0, 0.05) is 0 Å². The fraction of sp³-hybridized carbons (Fsp3) is 0.200. The van der Waals surface area contributed by atoms with Crippen LogP contribution >= 0.6 is 0 Å². The van der Waals surface area contributed by atoms with Gasteiger partial charge in [-0.2, -0.15) is 0 Å². The molecule has 0 aromatic heterocycles. The highest BCUT2D eigenvalue weighted by atomic mass is 16.7. The van der Waals surface area contributed by atoms with Gasteiger partial charge in [0.15, 0.2) is 0 Å². The van der Waals surface area contributed by atoms with E-state index in [1.54, 1.807) is 31.4 Å². The Morgan fingerprint density at radius 3 is 2.25 bits per heavy atom. The molecular weight excluding hydrogens is 302 g/mol. The Bertz CT molecular complexity index is 718. The van der Waals surface area contributed by atoms with Crippen molar-refractivity contribution in [2.75, 3.05) is 7.11 Å². The second-order valence-corrected chi connectivity index (χ2v) is 5.47. The number of benzene rings is 2. The number of carbonyl (C=O) groups excluding carboxylic acids is 1. The maximum Gasteiger partial charge on any atom is 0.365 e. The molecule has 0 spiro atoms. The molecule has 0 saturated carbocycles. The standard InChI is InChI=1S/C20H21NO3/c1-15(2)9-14-19(16-7-5-4-6-8-16)21-24-20(22)17-10-12-18(23-3)13-11-17/h4-8,10-13H,1,9,14H2,2-3H3/b21-19-. The van der Waals surface area contributed by atoms with Gasteiger partial charge in [0.25, 0.3) is 0 Å². The zero-order chi connectivity index (χ0) is 17.4. The van der Waals surface area contributed by atoms with E-state index in [2.05, 4.69) is 11.7 Å². The van der Waals surface area contributed by atoms with Crippen LogP contribution in [-0.2, 0) is 4.84 Å². The second-order valence-electron chi connectivity index (χ2n) is 5.47. The number of oxime groups is 1. The summed E-state index contributed by atoms with van der Waals surface area (Å²) in [6.45, 7) is 5.87. The molecule has 0 radical (unpaired) electrons. The minimum absolute atomic E-state index is 0.423. The van der Waals surface area contributed by atoms with Crippen molar-refractivity contribution in [3.63, 3.8) is 0 Å². The van der Waals surface area contributed by atoms with E-state index in [0.29, 0.717) is 17.7 Å². The van der Waals surface area contributed by atoms with Crippen LogP contribution in [0.15, 0.2) is 71.9 Å². The van der Waals surface area contributed by atoms with Crippen molar-refractivity contribution in [2.45, 2.75) is 19.8 Å². The smallest absolute Gasteiger partial charge is 0.365 e. The summed E-state index contributed by atoms with van der Waals surface area (Å²) < 4.78 is 5.07. The van der Waals surface area contributed by atoms with Crippen LogP contribution in [-0.4, -0.2) is 18.8 Å². The molecule has 0 amide bonds. The molecule has 24 heavy (non-hydrogen) atoms. The molecule has 0 saturated heterocycles. The fourth-order valence-corrected chi connectivity index (χ4v) is 2.08. The Morgan fingerprint density at radius 2 is 1.67 bits per heavy atom. The lowest BCUT2D eigenvalue weighted by Gasteiger charge is -2.07. The largest absolute Gasteiger partial charge is 0.497 e. The number of methoxy groups -OCH3 is 1. The van der Waals surface area contributed by atoms with Crippen LogP contribution in [0.2, 0.25) is 0 Å². The molecule has 0 N–H and O–H groups in total. The first-order chi connectivity index (χ1) is 11.6. The molecule has 0 unspecified atom stereocenters. The Labute approximate surface area is 142 Å². The normalized spacial score (nSPS) is 11.0. The molecule has 4 nitrogen and oxygen atoms in total. The SMILES string of the molecule is C=C(C)CC/C(=N/OC(=O)c1ccc(OC)cc1)c1ccccc1. The van der Waals surface area contributed by atoms with Crippen LogP contribution in [0.4, 0.5) is 0 Å². The molecule has 2 rings (SSSR count). The topological polar surface area (TPSA) is 47.9 Å². The summed E-state index contributed by atoms with van der Waals surface area (Å²) in [5.74, 6) is 0.183. The highest BCUT2D eigenvalue weighted by molar-refractivity contribution is 6.01. The first-order valence-corrected chi connectivity index (χ1v) is 7.72. The van der Waals surface area contributed by atoms with Crippen molar-refractivity contribution in [2.24, 2.45) is 5.16 Å². The van der Waals surface area contributed by atoms with Crippen molar-refractivity contribution in [1.82, 2.24) is 0 Å². The number of nitrogens with zero attached hydrogens (tertiary/aromatic N) is 1. The van der Waals surface area contributed by atoms with E-state index in [1.807, 2.05) is 37.3 Å². The van der Waals surface area contributed by atoms with E-state index in [1.165, 1.54) is 0 Å². The van der Waals surface area contributed by atoms with Crippen LogP contribution in [0.25, 0.3) is 0 Å². The maximum atomic E-state index is 12.1. The summed E-state index contributed by atoms with van der Waals surface area (Å²) in [5, 5.41) is 4.08.